The third-order valence-electron chi connectivity index (χ3n) is 8.24. The summed E-state index contributed by atoms with van der Waals surface area (Å²) in [5, 5.41) is 22.6. The Hall–Kier alpha value is -2.00. The van der Waals surface area contributed by atoms with Crippen LogP contribution in [0.1, 0.15) is 91.7 Å². The Bertz CT molecular complexity index is 1090. The molecule has 0 aromatic carbocycles. The van der Waals surface area contributed by atoms with E-state index in [1.54, 1.807) is 26.8 Å². The molecule has 0 bridgehead atoms. The van der Waals surface area contributed by atoms with E-state index in [4.69, 9.17) is 25.5 Å². The number of hydrogen-bond acceptors (Lipinski definition) is 8. The van der Waals surface area contributed by atoms with Crippen LogP contribution in [0.3, 0.4) is 0 Å². The zero-order valence-electron chi connectivity index (χ0n) is 24.2. The lowest BCUT2D eigenvalue weighted by atomic mass is 9.71. The van der Waals surface area contributed by atoms with Crippen LogP contribution in [-0.2, 0) is 19.1 Å². The van der Waals surface area contributed by atoms with E-state index < -0.39 is 47.6 Å². The molecule has 0 saturated carbocycles. The van der Waals surface area contributed by atoms with Gasteiger partial charge in [0.15, 0.2) is 5.89 Å². The summed E-state index contributed by atoms with van der Waals surface area (Å²) in [6.45, 7) is 12.8. The van der Waals surface area contributed by atoms with E-state index in [1.807, 2.05) is 33.8 Å². The van der Waals surface area contributed by atoms with Gasteiger partial charge in [0.25, 0.3) is 0 Å². The monoisotopic (exact) mass is 565 g/mol. The van der Waals surface area contributed by atoms with Gasteiger partial charge in [-0.05, 0) is 52.0 Å². The molecule has 2 fully saturated rings. The van der Waals surface area contributed by atoms with E-state index in [-0.39, 0.29) is 22.8 Å². The number of aliphatic hydroxyl groups excluding tert-OH is 2. The van der Waals surface area contributed by atoms with Crippen molar-refractivity contribution in [2.75, 3.05) is 0 Å². The standard InChI is InChI=1S/C30H44ClNO7/c1-17(2)10-11-21-27(35)18(3)9-8-12-30(7)25(39-30)14-23(22(31)13-20-16-37-19(4)32-20)38-26(34)15-24(33)29(5,6)28(21)36/h10,13,16,18,21,23-25,27,33,35H,8-9,11-12,14-15H2,1-7H3. The van der Waals surface area contributed by atoms with E-state index in [0.29, 0.717) is 24.4 Å². The second kappa shape index (κ2) is 12.7. The van der Waals surface area contributed by atoms with E-state index in [2.05, 4.69) is 4.98 Å². The molecule has 0 aliphatic carbocycles. The number of allylic oxidation sites excluding steroid dienone is 2. The van der Waals surface area contributed by atoms with Crippen LogP contribution >= 0.6 is 11.6 Å². The lowest BCUT2D eigenvalue weighted by molar-refractivity contribution is -0.154. The van der Waals surface area contributed by atoms with E-state index in [9.17, 15) is 19.8 Å². The van der Waals surface area contributed by atoms with E-state index in [1.165, 1.54) is 6.26 Å². The Labute approximate surface area is 236 Å². The smallest absolute Gasteiger partial charge is 0.309 e. The number of Topliss-reactive ketones (excluding diaryl/α,β-unsaturated/α-hetero) is 1. The number of esters is 1. The number of oxazole rings is 1. The number of halogens is 1. The molecule has 218 valence electrons. The number of ether oxygens (including phenoxy) is 2. The fourth-order valence-corrected chi connectivity index (χ4v) is 5.51. The molecule has 2 saturated heterocycles. The first-order valence-corrected chi connectivity index (χ1v) is 14.2. The SMILES string of the molecule is CC(C)=CCC1C(=O)C(C)(C)C(O)CC(=O)OC(C(Cl)=Cc2coc(C)n2)CC2OC2(C)CCCC(C)C1O. The number of carbonyl (C=O) groups excluding carboxylic acids is 2. The topological polar surface area (TPSA) is 122 Å². The highest BCUT2D eigenvalue weighted by molar-refractivity contribution is 6.32. The van der Waals surface area contributed by atoms with Crippen molar-refractivity contribution in [1.29, 1.82) is 0 Å². The van der Waals surface area contributed by atoms with Crippen LogP contribution in [0.25, 0.3) is 6.08 Å². The first kappa shape index (κ1) is 31.5. The summed E-state index contributed by atoms with van der Waals surface area (Å²) in [7, 11) is 0. The fourth-order valence-electron chi connectivity index (χ4n) is 5.27. The number of aliphatic hydroxyl groups is 2. The van der Waals surface area contributed by atoms with Gasteiger partial charge in [-0.15, -0.1) is 0 Å². The molecule has 0 radical (unpaired) electrons. The maximum atomic E-state index is 13.8. The average Bonchev–Trinajstić information content (AvgIpc) is 3.29. The van der Waals surface area contributed by atoms with Crippen molar-refractivity contribution in [3.8, 4) is 0 Å². The van der Waals surface area contributed by atoms with Crippen LogP contribution in [-0.4, -0.2) is 57.0 Å². The minimum absolute atomic E-state index is 0.132. The molecule has 3 rings (SSSR count). The van der Waals surface area contributed by atoms with Gasteiger partial charge in [0, 0.05) is 19.3 Å². The van der Waals surface area contributed by atoms with Crippen LogP contribution in [0.2, 0.25) is 0 Å². The molecule has 0 spiro atoms. The molecule has 2 N–H and O–H groups in total. The molecule has 2 aliphatic heterocycles. The van der Waals surface area contributed by atoms with Crippen LogP contribution < -0.4 is 0 Å². The highest BCUT2D eigenvalue weighted by Gasteiger charge is 2.53. The molecule has 8 nitrogen and oxygen atoms in total. The highest BCUT2D eigenvalue weighted by atomic mass is 35.5. The normalized spacial score (nSPS) is 34.7. The minimum Gasteiger partial charge on any atom is -0.456 e. The molecular weight excluding hydrogens is 522 g/mol. The number of aromatic nitrogens is 1. The lowest BCUT2D eigenvalue weighted by Gasteiger charge is -2.35. The van der Waals surface area contributed by atoms with Crippen molar-refractivity contribution < 1.29 is 33.7 Å². The van der Waals surface area contributed by atoms with Gasteiger partial charge in [-0.2, -0.15) is 0 Å². The largest absolute Gasteiger partial charge is 0.456 e. The van der Waals surface area contributed by atoms with Gasteiger partial charge in [-0.25, -0.2) is 4.98 Å². The van der Waals surface area contributed by atoms with Crippen molar-refractivity contribution >= 4 is 29.4 Å². The van der Waals surface area contributed by atoms with Crippen molar-refractivity contribution in [1.82, 2.24) is 4.98 Å². The Morgan fingerprint density at radius 1 is 1.23 bits per heavy atom. The second-order valence-corrected chi connectivity index (χ2v) is 12.7. The van der Waals surface area contributed by atoms with Gasteiger partial charge in [-0.3, -0.25) is 9.59 Å². The van der Waals surface area contributed by atoms with Gasteiger partial charge < -0.3 is 24.1 Å². The maximum Gasteiger partial charge on any atom is 0.309 e. The maximum absolute atomic E-state index is 13.8. The molecule has 1 aromatic heterocycles. The van der Waals surface area contributed by atoms with Crippen molar-refractivity contribution in [3.63, 3.8) is 0 Å². The Morgan fingerprint density at radius 3 is 2.54 bits per heavy atom. The van der Waals surface area contributed by atoms with Gasteiger partial charge in [0.2, 0.25) is 0 Å². The minimum atomic E-state index is -1.31. The summed E-state index contributed by atoms with van der Waals surface area (Å²) in [6.07, 6.45) is 4.41. The molecule has 3 heterocycles. The summed E-state index contributed by atoms with van der Waals surface area (Å²) >= 11 is 6.62. The predicted octanol–water partition coefficient (Wildman–Crippen LogP) is 5.52. The second-order valence-electron chi connectivity index (χ2n) is 12.2. The summed E-state index contributed by atoms with van der Waals surface area (Å²) in [5.41, 5.74) is -0.143. The van der Waals surface area contributed by atoms with Crippen LogP contribution in [0, 0.1) is 24.2 Å². The highest BCUT2D eigenvalue weighted by Crippen LogP contribution is 2.45. The van der Waals surface area contributed by atoms with Crippen molar-refractivity contribution in [2.24, 2.45) is 17.3 Å². The van der Waals surface area contributed by atoms with Crippen molar-refractivity contribution in [2.45, 2.75) is 117 Å². The number of fused-ring (bicyclic) bond motifs is 1. The molecule has 1 aromatic rings. The average molecular weight is 566 g/mol. The lowest BCUT2D eigenvalue weighted by Crippen LogP contribution is -2.46. The quantitative estimate of drug-likeness (QED) is 0.278. The first-order chi connectivity index (χ1) is 18.1. The molecule has 0 amide bonds. The molecule has 39 heavy (non-hydrogen) atoms. The number of hydrogen-bond donors (Lipinski definition) is 2. The molecular formula is C30H44ClNO7. The number of nitrogens with zero attached hydrogens (tertiary/aromatic N) is 1. The van der Waals surface area contributed by atoms with E-state index in [0.717, 1.165) is 24.8 Å². The predicted molar refractivity (Wildman–Crippen MR) is 149 cm³/mol. The van der Waals surface area contributed by atoms with Gasteiger partial charge in [0.1, 0.15) is 23.8 Å². The number of ketones is 1. The number of epoxide rings is 1. The van der Waals surface area contributed by atoms with Crippen LogP contribution in [0.4, 0.5) is 0 Å². The van der Waals surface area contributed by atoms with Gasteiger partial charge in [-0.1, -0.05) is 50.4 Å². The molecule has 7 atom stereocenters. The summed E-state index contributed by atoms with van der Waals surface area (Å²) in [6, 6.07) is 0. The number of rotatable bonds is 4. The van der Waals surface area contributed by atoms with Crippen molar-refractivity contribution in [3.05, 3.63) is 34.5 Å². The zero-order valence-corrected chi connectivity index (χ0v) is 25.0. The molecule has 9 heteroatoms. The number of carbonyl (C=O) groups is 2. The third-order valence-corrected chi connectivity index (χ3v) is 8.59. The summed E-state index contributed by atoms with van der Waals surface area (Å²) < 4.78 is 17.1. The molecule has 2 aliphatic rings. The first-order valence-electron chi connectivity index (χ1n) is 13.8. The number of cyclic esters (lactones) is 1. The third kappa shape index (κ3) is 8.03. The van der Waals surface area contributed by atoms with Gasteiger partial charge >= 0.3 is 5.97 Å². The van der Waals surface area contributed by atoms with Crippen LogP contribution in [0.5, 0.6) is 0 Å². The fraction of sp³-hybridized carbons (Fsp3) is 0.700. The zero-order chi connectivity index (χ0) is 29.1. The van der Waals surface area contributed by atoms with Crippen LogP contribution in [0.15, 0.2) is 27.4 Å². The molecule has 7 unspecified atom stereocenters. The van der Waals surface area contributed by atoms with E-state index >= 15 is 0 Å². The summed E-state index contributed by atoms with van der Waals surface area (Å²) in [4.78, 5) is 31.1. The Morgan fingerprint density at radius 2 is 1.92 bits per heavy atom. The number of aryl methyl sites for hydroxylation is 1. The van der Waals surface area contributed by atoms with Gasteiger partial charge in [0.05, 0.1) is 40.8 Å². The Kier molecular flexibility index (Phi) is 10.2. The summed E-state index contributed by atoms with van der Waals surface area (Å²) in [5.74, 6) is -1.32. The Balaban J connectivity index is 1.90.